The van der Waals surface area contributed by atoms with Crippen molar-refractivity contribution >= 4 is 40.6 Å². The molecule has 0 bridgehead atoms. The number of aliphatic hydroxyl groups is 1. The zero-order valence-corrected chi connectivity index (χ0v) is 18.6. The van der Waals surface area contributed by atoms with Gasteiger partial charge in [-0.3, -0.25) is 23.4 Å². The van der Waals surface area contributed by atoms with Gasteiger partial charge >= 0.3 is 21.3 Å². The molecule has 1 fully saturated rings. The third-order valence-electron chi connectivity index (χ3n) is 4.12. The van der Waals surface area contributed by atoms with Crippen molar-refractivity contribution in [3.8, 4) is 0 Å². The fourth-order valence-electron chi connectivity index (χ4n) is 2.98. The first-order valence-corrected chi connectivity index (χ1v) is 12.9. The molecule has 21 heteroatoms. The Hall–Kier alpha value is -1.52. The maximum absolute atomic E-state index is 12.1. The van der Waals surface area contributed by atoms with Crippen LogP contribution >= 0.6 is 23.5 Å². The van der Waals surface area contributed by atoms with Crippen LogP contribution in [0.3, 0.4) is 0 Å². The third kappa shape index (κ3) is 5.88. The Bertz CT molecular complexity index is 1220. The van der Waals surface area contributed by atoms with Crippen molar-refractivity contribution in [3.63, 3.8) is 0 Å². The van der Waals surface area contributed by atoms with Crippen molar-refractivity contribution in [3.05, 3.63) is 16.7 Å². The van der Waals surface area contributed by atoms with E-state index >= 15 is 0 Å². The van der Waals surface area contributed by atoms with Crippen LogP contribution in [0.15, 0.2) is 11.1 Å². The minimum Gasteiger partial charge on any atom is -0.756 e. The molecule has 0 amide bonds. The predicted molar refractivity (Wildman–Crippen MR) is 98.1 cm³/mol. The molecule has 1 saturated heterocycles. The molecule has 5 atom stereocenters. The van der Waals surface area contributed by atoms with Gasteiger partial charge < -0.3 is 35.2 Å². The highest BCUT2D eigenvalue weighted by Gasteiger charge is 2.41. The fraction of sp³-hybridized carbons (Fsp3) is 0.545. The summed E-state index contributed by atoms with van der Waals surface area (Å²) >= 11 is 0. The number of aryl methyl sites for hydroxylation is 1. The van der Waals surface area contributed by atoms with Gasteiger partial charge in [-0.1, -0.05) is 4.98 Å². The summed E-state index contributed by atoms with van der Waals surface area (Å²) in [6.07, 6.45) is -2.09. The number of nitrogens with two attached hydrogens (primary N) is 1. The van der Waals surface area contributed by atoms with Crippen molar-refractivity contribution in [1.82, 2.24) is 14.5 Å². The highest BCUT2D eigenvalue weighted by Crippen LogP contribution is 2.64. The van der Waals surface area contributed by atoms with E-state index in [0.29, 0.717) is 0 Å². The van der Waals surface area contributed by atoms with Crippen molar-refractivity contribution in [2.24, 2.45) is 7.05 Å². The molecule has 2 unspecified atom stereocenters. The molecule has 0 saturated carbocycles. The Morgan fingerprint density at radius 1 is 1.38 bits per heavy atom. The zero-order chi connectivity index (χ0) is 24.1. The molecular weight excluding hydrogens is 503 g/mol. The lowest BCUT2D eigenvalue weighted by Gasteiger charge is -2.24. The molecule has 3 heterocycles. The number of aliphatic hydroxyl groups excluding tert-OH is 1. The molecule has 2 aromatic heterocycles. The van der Waals surface area contributed by atoms with Crippen LogP contribution in [0.2, 0.25) is 0 Å². The Balaban J connectivity index is 1.71. The van der Waals surface area contributed by atoms with Gasteiger partial charge in [0.1, 0.15) is 6.10 Å². The smallest absolute Gasteiger partial charge is 0.478 e. The number of fused-ring (bicyclic) bond motifs is 1. The minimum absolute atomic E-state index is 0.0792. The van der Waals surface area contributed by atoms with Crippen LogP contribution in [0.1, 0.15) is 12.6 Å². The third-order valence-corrected chi connectivity index (χ3v) is 7.87. The Morgan fingerprint density at radius 3 is 2.66 bits per heavy atom. The summed E-state index contributed by atoms with van der Waals surface area (Å²) in [6.45, 7) is -0.858. The maximum Gasteiger partial charge on any atom is 0.478 e. The average Bonchev–Trinajstić information content (AvgIpc) is 3.09. The van der Waals surface area contributed by atoms with Gasteiger partial charge in [0.25, 0.3) is 19.3 Å². The SMILES string of the molecule is Cn1c[n+]([C@H]2C[C@H](O)[C@@H](COP(=O)(O)OP(=O)([O-])OP(=O)(O)O)O2)c2nc(N)[nH]c(=O)c21. The number of hydrogen-bond donors (Lipinski definition) is 6. The van der Waals surface area contributed by atoms with Gasteiger partial charge in [-0.15, -0.1) is 0 Å². The maximum atomic E-state index is 12.1. The zero-order valence-electron chi connectivity index (χ0n) is 15.9. The van der Waals surface area contributed by atoms with E-state index in [1.165, 1.54) is 15.5 Å². The van der Waals surface area contributed by atoms with Crippen molar-refractivity contribution in [1.29, 1.82) is 0 Å². The molecule has 180 valence electrons. The van der Waals surface area contributed by atoms with E-state index in [9.17, 15) is 33.4 Å². The van der Waals surface area contributed by atoms with E-state index < -0.39 is 54.1 Å². The summed E-state index contributed by atoms with van der Waals surface area (Å²) in [7, 11) is -15.4. The second-order valence-corrected chi connectivity index (χ2v) is 10.9. The summed E-state index contributed by atoms with van der Waals surface area (Å²) < 4.78 is 53.4. The van der Waals surface area contributed by atoms with Crippen LogP contribution in [0.4, 0.5) is 5.95 Å². The molecule has 32 heavy (non-hydrogen) atoms. The number of rotatable bonds is 8. The Labute approximate surface area is 177 Å². The fourth-order valence-corrected chi connectivity index (χ4v) is 5.94. The second kappa shape index (κ2) is 8.68. The molecule has 18 nitrogen and oxygen atoms in total. The number of ether oxygens (including phenoxy) is 1. The summed E-state index contributed by atoms with van der Waals surface area (Å²) in [5.74, 6) is -0.168. The molecule has 0 radical (unpaired) electrons. The molecule has 0 spiro atoms. The number of imidazole rings is 1. The van der Waals surface area contributed by atoms with E-state index in [-0.39, 0.29) is 23.5 Å². The number of aromatic amines is 1. The number of H-pyrrole nitrogens is 1. The molecular formula is C11H18N5O13P3. The summed E-state index contributed by atoms with van der Waals surface area (Å²) in [5.41, 5.74) is 5.32. The largest absolute Gasteiger partial charge is 0.756 e. The molecule has 0 aromatic carbocycles. The normalized spacial score (nSPS) is 25.6. The molecule has 3 rings (SSSR count). The highest BCUT2D eigenvalue weighted by atomic mass is 31.3. The quantitative estimate of drug-likeness (QED) is 0.155. The van der Waals surface area contributed by atoms with Gasteiger partial charge in [-0.25, -0.2) is 22.3 Å². The van der Waals surface area contributed by atoms with Crippen LogP contribution in [-0.4, -0.2) is 53.1 Å². The summed E-state index contributed by atoms with van der Waals surface area (Å²) in [5, 5.41) is 10.2. The van der Waals surface area contributed by atoms with Gasteiger partial charge in [-0.05, 0) is 0 Å². The second-order valence-electron chi connectivity index (χ2n) is 6.55. The van der Waals surface area contributed by atoms with Crippen molar-refractivity contribution in [2.75, 3.05) is 12.3 Å². The lowest BCUT2D eigenvalue weighted by atomic mass is 10.2. The average molecular weight is 521 g/mol. The summed E-state index contributed by atoms with van der Waals surface area (Å²) in [6, 6.07) is 0. The molecule has 0 aliphatic carbocycles. The van der Waals surface area contributed by atoms with Crippen LogP contribution in [-0.2, 0) is 38.6 Å². The van der Waals surface area contributed by atoms with Gasteiger partial charge in [0.15, 0.2) is 12.6 Å². The Morgan fingerprint density at radius 2 is 2.03 bits per heavy atom. The van der Waals surface area contributed by atoms with Gasteiger partial charge in [0.05, 0.1) is 19.8 Å². The number of phosphoric acid groups is 3. The van der Waals surface area contributed by atoms with Crippen LogP contribution in [0, 0.1) is 0 Å². The van der Waals surface area contributed by atoms with E-state index in [1.807, 2.05) is 0 Å². The first-order valence-electron chi connectivity index (χ1n) is 8.43. The van der Waals surface area contributed by atoms with Gasteiger partial charge in [-0.2, -0.15) is 0 Å². The first kappa shape index (κ1) is 25.1. The monoisotopic (exact) mass is 521 g/mol. The van der Waals surface area contributed by atoms with E-state index in [0.717, 1.165) is 0 Å². The van der Waals surface area contributed by atoms with Crippen molar-refractivity contribution < 1.29 is 60.8 Å². The Kier molecular flexibility index (Phi) is 6.81. The van der Waals surface area contributed by atoms with Crippen LogP contribution < -0.4 is 20.8 Å². The number of anilines is 1. The molecule has 1 aliphatic rings. The van der Waals surface area contributed by atoms with Gasteiger partial charge in [0, 0.05) is 6.42 Å². The van der Waals surface area contributed by atoms with Crippen LogP contribution in [0.5, 0.6) is 0 Å². The number of hydrogen-bond acceptors (Lipinski definition) is 12. The lowest BCUT2D eigenvalue weighted by molar-refractivity contribution is -0.739. The first-order chi connectivity index (χ1) is 14.6. The molecule has 2 aromatic rings. The number of phosphoric ester groups is 1. The van der Waals surface area contributed by atoms with Crippen LogP contribution in [0.25, 0.3) is 11.2 Å². The van der Waals surface area contributed by atoms with Crippen molar-refractivity contribution in [2.45, 2.75) is 24.9 Å². The number of nitrogens with zero attached hydrogens (tertiary/aromatic N) is 3. The van der Waals surface area contributed by atoms with E-state index in [1.54, 1.807) is 7.05 Å². The number of nitrogen functional groups attached to an aromatic ring is 1. The van der Waals surface area contributed by atoms with Gasteiger partial charge in [0.2, 0.25) is 5.52 Å². The predicted octanol–water partition coefficient (Wildman–Crippen LogP) is -2.51. The number of aromatic nitrogens is 4. The lowest BCUT2D eigenvalue weighted by Crippen LogP contribution is -2.39. The van der Waals surface area contributed by atoms with E-state index in [2.05, 4.69) is 23.1 Å². The molecule has 1 aliphatic heterocycles. The topological polar surface area (TPSA) is 273 Å². The standard InChI is InChI=1S/C11H18N5O13P3/c1-15-4-16(9-8(15)10(18)14-11(12)13-9)7-2-5(17)6(27-7)3-26-31(22,23)29-32(24,25)28-30(19,20)21/h4-7,17H,2-3H2,1H3,(H6-,12,13,14,18,19,20,21,22,23,24,25)/t5-,6+,7+/m0/s1. The minimum atomic E-state index is -5.92. The number of nitrogens with one attached hydrogen (secondary N) is 1. The summed E-state index contributed by atoms with van der Waals surface area (Å²) in [4.78, 5) is 56.2. The highest BCUT2D eigenvalue weighted by molar-refractivity contribution is 7.65. The van der Waals surface area contributed by atoms with E-state index in [4.69, 9.17) is 20.3 Å². The molecule has 7 N–H and O–H groups in total.